The molecule has 2 atom stereocenters. The Labute approximate surface area is 132 Å². The first-order valence-corrected chi connectivity index (χ1v) is 7.91. The number of likely N-dealkylation sites (tertiary alicyclic amines) is 1. The molecule has 0 bridgehead atoms. The molecule has 22 heavy (non-hydrogen) atoms. The van der Waals surface area contributed by atoms with E-state index in [1.807, 2.05) is 39.0 Å². The first-order valence-electron chi connectivity index (χ1n) is 7.91. The highest BCUT2D eigenvalue weighted by Gasteiger charge is 2.39. The van der Waals surface area contributed by atoms with Crippen LogP contribution >= 0.6 is 0 Å². The standard InChI is InChI=1S/C18H26FNO2/c1-12(2)14-8-6-7-9-15(14)16-10-13(19)11-20(16)17(21)22-18(3,4)5/h6-9,12-13,16H,10-11H2,1-5H3/t13-,16-/m0/s1. The molecule has 1 aliphatic rings. The van der Waals surface area contributed by atoms with Crippen molar-refractivity contribution < 1.29 is 13.9 Å². The highest BCUT2D eigenvalue weighted by molar-refractivity contribution is 5.69. The van der Waals surface area contributed by atoms with Gasteiger partial charge in [0.15, 0.2) is 0 Å². The number of hydrogen-bond acceptors (Lipinski definition) is 2. The quantitative estimate of drug-likeness (QED) is 0.783. The molecule has 0 N–H and O–H groups in total. The SMILES string of the molecule is CC(C)c1ccccc1[C@@H]1C[C@H](F)CN1C(=O)OC(C)(C)C. The largest absolute Gasteiger partial charge is 0.444 e. The molecule has 1 aromatic carbocycles. The second kappa shape index (κ2) is 6.27. The fourth-order valence-corrected chi connectivity index (χ4v) is 2.94. The van der Waals surface area contributed by atoms with E-state index in [1.165, 1.54) is 4.90 Å². The van der Waals surface area contributed by atoms with E-state index >= 15 is 0 Å². The average Bonchev–Trinajstić information content (AvgIpc) is 2.79. The molecule has 0 aliphatic carbocycles. The molecule has 4 heteroatoms. The molecule has 1 aliphatic heterocycles. The fraction of sp³-hybridized carbons (Fsp3) is 0.611. The number of rotatable bonds is 2. The van der Waals surface area contributed by atoms with Crippen molar-refractivity contribution in [2.45, 2.75) is 64.8 Å². The van der Waals surface area contributed by atoms with Gasteiger partial charge in [-0.05, 0) is 37.8 Å². The van der Waals surface area contributed by atoms with Gasteiger partial charge in [0.25, 0.3) is 0 Å². The minimum absolute atomic E-state index is 0.103. The average molecular weight is 307 g/mol. The van der Waals surface area contributed by atoms with Gasteiger partial charge in [0.1, 0.15) is 11.8 Å². The number of halogens is 1. The number of amides is 1. The zero-order valence-electron chi connectivity index (χ0n) is 14.1. The van der Waals surface area contributed by atoms with E-state index in [1.54, 1.807) is 0 Å². The molecular formula is C18H26FNO2. The number of benzene rings is 1. The third kappa shape index (κ3) is 3.79. The van der Waals surface area contributed by atoms with Crippen molar-refractivity contribution >= 4 is 6.09 Å². The van der Waals surface area contributed by atoms with Gasteiger partial charge >= 0.3 is 6.09 Å². The van der Waals surface area contributed by atoms with Gasteiger partial charge in [0.05, 0.1) is 12.6 Å². The van der Waals surface area contributed by atoms with Gasteiger partial charge in [0.2, 0.25) is 0 Å². The summed E-state index contributed by atoms with van der Waals surface area (Å²) >= 11 is 0. The minimum Gasteiger partial charge on any atom is -0.444 e. The van der Waals surface area contributed by atoms with Crippen molar-refractivity contribution in [2.75, 3.05) is 6.54 Å². The van der Waals surface area contributed by atoms with Crippen molar-refractivity contribution in [2.24, 2.45) is 0 Å². The van der Waals surface area contributed by atoms with Crippen LogP contribution in [0.2, 0.25) is 0 Å². The summed E-state index contributed by atoms with van der Waals surface area (Å²) in [5, 5.41) is 0. The number of nitrogens with zero attached hydrogens (tertiary/aromatic N) is 1. The Hall–Kier alpha value is -1.58. The number of carbonyl (C=O) groups excluding carboxylic acids is 1. The Morgan fingerprint density at radius 1 is 1.32 bits per heavy atom. The molecular weight excluding hydrogens is 281 g/mol. The summed E-state index contributed by atoms with van der Waals surface area (Å²) in [7, 11) is 0. The Kier molecular flexibility index (Phi) is 4.78. The van der Waals surface area contributed by atoms with Crippen LogP contribution < -0.4 is 0 Å². The van der Waals surface area contributed by atoms with Crippen LogP contribution in [0.3, 0.4) is 0 Å². The van der Waals surface area contributed by atoms with Crippen molar-refractivity contribution in [3.8, 4) is 0 Å². The topological polar surface area (TPSA) is 29.5 Å². The molecule has 0 saturated carbocycles. The lowest BCUT2D eigenvalue weighted by Gasteiger charge is -2.30. The maximum Gasteiger partial charge on any atom is 0.410 e. The number of carbonyl (C=O) groups is 1. The smallest absolute Gasteiger partial charge is 0.410 e. The Bertz CT molecular complexity index is 536. The lowest BCUT2D eigenvalue weighted by atomic mass is 9.91. The zero-order valence-corrected chi connectivity index (χ0v) is 14.1. The van der Waals surface area contributed by atoms with Crippen molar-refractivity contribution in [3.05, 3.63) is 35.4 Å². The van der Waals surface area contributed by atoms with Gasteiger partial charge in [-0.2, -0.15) is 0 Å². The van der Waals surface area contributed by atoms with Crippen LogP contribution in [0.1, 0.15) is 64.1 Å². The van der Waals surface area contributed by atoms with Crippen LogP contribution in [0, 0.1) is 0 Å². The highest BCUT2D eigenvalue weighted by Crippen LogP contribution is 2.38. The van der Waals surface area contributed by atoms with Crippen molar-refractivity contribution in [1.29, 1.82) is 0 Å². The van der Waals surface area contributed by atoms with Crippen LogP contribution in [0.5, 0.6) is 0 Å². The predicted molar refractivity (Wildman–Crippen MR) is 85.7 cm³/mol. The summed E-state index contributed by atoms with van der Waals surface area (Å²) in [5.41, 5.74) is 1.62. The monoisotopic (exact) mass is 307 g/mol. The van der Waals surface area contributed by atoms with Crippen LogP contribution in [-0.4, -0.2) is 29.3 Å². The van der Waals surface area contributed by atoms with E-state index in [0.717, 1.165) is 11.1 Å². The molecule has 2 rings (SSSR count). The maximum atomic E-state index is 14.0. The maximum absolute atomic E-state index is 14.0. The van der Waals surface area contributed by atoms with Gasteiger partial charge in [0, 0.05) is 6.42 Å². The lowest BCUT2D eigenvalue weighted by Crippen LogP contribution is -2.37. The fourth-order valence-electron chi connectivity index (χ4n) is 2.94. The molecule has 0 radical (unpaired) electrons. The van der Waals surface area contributed by atoms with Crippen LogP contribution in [0.25, 0.3) is 0 Å². The second-order valence-electron chi connectivity index (χ2n) is 7.27. The van der Waals surface area contributed by atoms with Gasteiger partial charge in [-0.25, -0.2) is 9.18 Å². The summed E-state index contributed by atoms with van der Waals surface area (Å²) in [6.45, 7) is 9.80. The third-order valence-electron chi connectivity index (χ3n) is 3.86. The first-order chi connectivity index (χ1) is 10.2. The molecule has 0 unspecified atom stereocenters. The van der Waals surface area contributed by atoms with E-state index in [4.69, 9.17) is 4.74 Å². The number of hydrogen-bond donors (Lipinski definition) is 0. The molecule has 1 fully saturated rings. The Balaban J connectivity index is 2.30. The summed E-state index contributed by atoms with van der Waals surface area (Å²) in [6, 6.07) is 7.73. The molecule has 1 amide bonds. The van der Waals surface area contributed by atoms with Gasteiger partial charge < -0.3 is 4.74 Å². The molecule has 1 saturated heterocycles. The van der Waals surface area contributed by atoms with Gasteiger partial charge in [-0.1, -0.05) is 38.1 Å². The third-order valence-corrected chi connectivity index (χ3v) is 3.86. The van der Waals surface area contributed by atoms with Crippen molar-refractivity contribution in [1.82, 2.24) is 4.90 Å². The Morgan fingerprint density at radius 2 is 1.95 bits per heavy atom. The van der Waals surface area contributed by atoms with E-state index in [9.17, 15) is 9.18 Å². The van der Waals surface area contributed by atoms with E-state index in [-0.39, 0.29) is 12.6 Å². The van der Waals surface area contributed by atoms with Gasteiger partial charge in [-0.15, -0.1) is 0 Å². The van der Waals surface area contributed by atoms with E-state index in [2.05, 4.69) is 19.9 Å². The number of alkyl halides is 1. The van der Waals surface area contributed by atoms with Crippen LogP contribution in [0.4, 0.5) is 9.18 Å². The normalized spacial score (nSPS) is 22.2. The first kappa shape index (κ1) is 16.8. The molecule has 3 nitrogen and oxygen atoms in total. The van der Waals surface area contributed by atoms with Crippen LogP contribution in [-0.2, 0) is 4.74 Å². The lowest BCUT2D eigenvalue weighted by molar-refractivity contribution is 0.0216. The van der Waals surface area contributed by atoms with Gasteiger partial charge in [-0.3, -0.25) is 4.90 Å². The van der Waals surface area contributed by atoms with Crippen LogP contribution in [0.15, 0.2) is 24.3 Å². The minimum atomic E-state index is -1.00. The summed E-state index contributed by atoms with van der Waals surface area (Å²) in [6.07, 6.45) is -1.10. The van der Waals surface area contributed by atoms with Crippen molar-refractivity contribution in [3.63, 3.8) is 0 Å². The van der Waals surface area contributed by atoms with E-state index < -0.39 is 17.9 Å². The second-order valence-corrected chi connectivity index (χ2v) is 7.27. The molecule has 0 spiro atoms. The molecule has 1 aromatic rings. The Morgan fingerprint density at radius 3 is 2.55 bits per heavy atom. The molecule has 0 aromatic heterocycles. The molecule has 1 heterocycles. The highest BCUT2D eigenvalue weighted by atomic mass is 19.1. The number of ether oxygens (including phenoxy) is 1. The van der Waals surface area contributed by atoms with E-state index in [0.29, 0.717) is 12.3 Å². The summed E-state index contributed by atoms with van der Waals surface area (Å²) < 4.78 is 19.4. The predicted octanol–water partition coefficient (Wildman–Crippen LogP) is 4.83. The summed E-state index contributed by atoms with van der Waals surface area (Å²) in [5.74, 6) is 0.329. The summed E-state index contributed by atoms with van der Waals surface area (Å²) in [4.78, 5) is 13.9. The molecule has 122 valence electrons. The zero-order chi connectivity index (χ0) is 16.5.